The van der Waals surface area contributed by atoms with Crippen molar-refractivity contribution in [1.29, 1.82) is 0 Å². The van der Waals surface area contributed by atoms with Gasteiger partial charge in [0, 0.05) is 65.0 Å². The van der Waals surface area contributed by atoms with Gasteiger partial charge in [-0.05, 0) is 117 Å². The van der Waals surface area contributed by atoms with Crippen molar-refractivity contribution in [3.63, 3.8) is 0 Å². The molecule has 0 atom stereocenters. The Labute approximate surface area is 434 Å². The first-order chi connectivity index (χ1) is 34.9. The van der Waals surface area contributed by atoms with Gasteiger partial charge in [0.25, 0.3) is 0 Å². The van der Waals surface area contributed by atoms with Crippen molar-refractivity contribution < 1.29 is 20.1 Å². The standard InChI is InChI=1S/C55H43N4.C11H8N.Ir/c1-35(2)44-33-38(37-19-7-5-8-20-37)34-45(36(3)4)53(44)59-50-30-18-14-26-46(50)56-55(59)43-31-32-51(58-47-27-15-11-23-40(47)41-24-12-16-28-48(41)58)52-42-25-13-17-29-49(42)57(54(43)52)39-21-9-6-10-22-39;1-2-6-10(7-3-1)11-8-4-5-9-12-11;/h5-30,32-36H,1-4H3;1-6,8-9H;/q2*-1;. The molecule has 13 aromatic rings. The number of rotatable bonds is 8. The van der Waals surface area contributed by atoms with E-state index in [1.165, 1.54) is 55.1 Å². The first kappa shape index (κ1) is 46.2. The maximum atomic E-state index is 5.60. The molecule has 0 unspecified atom stereocenters. The number of hydrogen-bond donors (Lipinski definition) is 0. The Morgan fingerprint density at radius 3 is 1.64 bits per heavy atom. The number of nitrogens with zero attached hydrogens (tertiary/aromatic N) is 5. The van der Waals surface area contributed by atoms with Gasteiger partial charge >= 0.3 is 0 Å². The van der Waals surface area contributed by atoms with Gasteiger partial charge in [0.1, 0.15) is 0 Å². The van der Waals surface area contributed by atoms with Crippen LogP contribution < -0.4 is 0 Å². The van der Waals surface area contributed by atoms with Gasteiger partial charge < -0.3 is 18.7 Å². The predicted molar refractivity (Wildman–Crippen MR) is 296 cm³/mol. The second-order valence-corrected chi connectivity index (χ2v) is 18.8. The van der Waals surface area contributed by atoms with Crippen LogP contribution in [0.25, 0.3) is 105 Å². The molecule has 9 aromatic carbocycles. The van der Waals surface area contributed by atoms with Crippen LogP contribution in [0.1, 0.15) is 50.7 Å². The van der Waals surface area contributed by atoms with Gasteiger partial charge in [0.15, 0.2) is 0 Å². The summed E-state index contributed by atoms with van der Waals surface area (Å²) in [6.45, 7) is 9.26. The molecule has 4 heterocycles. The fraction of sp³-hybridized carbons (Fsp3) is 0.0909. The molecule has 0 saturated heterocycles. The molecule has 0 saturated carbocycles. The number of para-hydroxylation sites is 6. The monoisotopic (exact) mass is 1110 g/mol. The average molecular weight is 1110 g/mol. The molecular weight excluding hydrogens is 1050 g/mol. The van der Waals surface area contributed by atoms with E-state index in [1.54, 1.807) is 6.20 Å². The number of fused-ring (bicyclic) bond motifs is 7. The fourth-order valence-corrected chi connectivity index (χ4v) is 10.5. The molecule has 6 heteroatoms. The molecule has 4 aromatic heterocycles. The zero-order valence-corrected chi connectivity index (χ0v) is 43.0. The van der Waals surface area contributed by atoms with Crippen LogP contribution in [0.4, 0.5) is 0 Å². The molecule has 0 aliphatic rings. The maximum absolute atomic E-state index is 5.60. The van der Waals surface area contributed by atoms with Crippen molar-refractivity contribution in [2.75, 3.05) is 0 Å². The molecule has 5 nitrogen and oxygen atoms in total. The molecule has 0 spiro atoms. The van der Waals surface area contributed by atoms with Crippen molar-refractivity contribution in [2.24, 2.45) is 0 Å². The molecule has 13 rings (SSSR count). The molecule has 72 heavy (non-hydrogen) atoms. The van der Waals surface area contributed by atoms with Gasteiger partial charge in [0.05, 0.1) is 16.9 Å². The van der Waals surface area contributed by atoms with Crippen LogP contribution >= 0.6 is 0 Å². The van der Waals surface area contributed by atoms with E-state index in [2.05, 4.69) is 234 Å². The molecule has 0 bridgehead atoms. The number of pyridine rings is 1. The smallest absolute Gasteiger partial charge is 0.0774 e. The third kappa shape index (κ3) is 8.03. The van der Waals surface area contributed by atoms with E-state index >= 15 is 0 Å². The van der Waals surface area contributed by atoms with E-state index in [1.807, 2.05) is 42.5 Å². The molecule has 1 radical (unpaired) electrons. The Bertz CT molecular complexity index is 3920. The van der Waals surface area contributed by atoms with E-state index in [0.29, 0.717) is 0 Å². The van der Waals surface area contributed by atoms with Gasteiger partial charge in [-0.15, -0.1) is 48.0 Å². The number of hydrogen-bond acceptors (Lipinski definition) is 2. The van der Waals surface area contributed by atoms with Gasteiger partial charge in [-0.25, -0.2) is 0 Å². The molecule has 0 N–H and O–H groups in total. The van der Waals surface area contributed by atoms with E-state index < -0.39 is 0 Å². The van der Waals surface area contributed by atoms with Crippen LogP contribution in [0.3, 0.4) is 0 Å². The Morgan fingerprint density at radius 1 is 0.472 bits per heavy atom. The van der Waals surface area contributed by atoms with Crippen molar-refractivity contribution in [1.82, 2.24) is 23.7 Å². The quantitative estimate of drug-likeness (QED) is 0.142. The van der Waals surface area contributed by atoms with Crippen molar-refractivity contribution >= 4 is 54.6 Å². The van der Waals surface area contributed by atoms with E-state index in [-0.39, 0.29) is 31.9 Å². The summed E-state index contributed by atoms with van der Waals surface area (Å²) < 4.78 is 7.32. The topological polar surface area (TPSA) is 40.6 Å². The fourth-order valence-electron chi connectivity index (χ4n) is 10.5. The number of benzene rings is 9. The van der Waals surface area contributed by atoms with Gasteiger partial charge in [-0.2, -0.15) is 0 Å². The summed E-state index contributed by atoms with van der Waals surface area (Å²) in [5.41, 5.74) is 18.0. The molecule has 0 amide bonds. The van der Waals surface area contributed by atoms with Gasteiger partial charge in [-0.3, -0.25) is 4.98 Å². The summed E-state index contributed by atoms with van der Waals surface area (Å²) in [5.74, 6) is 1.37. The molecule has 0 aliphatic heterocycles. The molecule has 0 aliphatic carbocycles. The summed E-state index contributed by atoms with van der Waals surface area (Å²) >= 11 is 0. The predicted octanol–water partition coefficient (Wildman–Crippen LogP) is 17.1. The van der Waals surface area contributed by atoms with Crippen LogP contribution in [0.15, 0.2) is 225 Å². The number of aromatic nitrogens is 5. The van der Waals surface area contributed by atoms with Crippen molar-refractivity contribution in [3.8, 4) is 50.8 Å². The van der Waals surface area contributed by atoms with Gasteiger partial charge in [-0.1, -0.05) is 166 Å². The van der Waals surface area contributed by atoms with E-state index in [0.717, 1.165) is 61.5 Å². The van der Waals surface area contributed by atoms with Crippen molar-refractivity contribution in [3.05, 3.63) is 248 Å². The van der Waals surface area contributed by atoms with Crippen LogP contribution in [-0.2, 0) is 20.1 Å². The molecule has 351 valence electrons. The second-order valence-electron chi connectivity index (χ2n) is 18.8. The second kappa shape index (κ2) is 19.6. The first-order valence-corrected chi connectivity index (χ1v) is 24.6. The van der Waals surface area contributed by atoms with Crippen LogP contribution in [-0.4, -0.2) is 23.7 Å². The third-order valence-corrected chi connectivity index (χ3v) is 13.7. The zero-order valence-electron chi connectivity index (χ0n) is 40.6. The summed E-state index contributed by atoms with van der Waals surface area (Å²) in [5, 5.41) is 4.81. The minimum Gasteiger partial charge on any atom is -0.351 e. The first-order valence-electron chi connectivity index (χ1n) is 24.6. The SMILES string of the molecule is CC(C)c1cc(-c2ccccc2)cc(C(C)C)c1-n1c(-c2[c-]cc(-n3c4ccccc4c4ccccc43)c3c4ccccc4n(-c4ccccc4)c23)nc2ccccc21.[Ir].[c-]1ccccc1-c1ccccn1. The average Bonchev–Trinajstić information content (AvgIpc) is 4.10. The van der Waals surface area contributed by atoms with Crippen LogP contribution in [0.2, 0.25) is 0 Å². The Kier molecular flexibility index (Phi) is 12.6. The Morgan fingerprint density at radius 2 is 1.03 bits per heavy atom. The number of imidazole rings is 1. The Balaban J connectivity index is 0.000000377. The third-order valence-electron chi connectivity index (χ3n) is 13.7. The Hall–Kier alpha value is -8.15. The van der Waals surface area contributed by atoms with Crippen LogP contribution in [0, 0.1) is 12.1 Å². The minimum absolute atomic E-state index is 0. The summed E-state index contributed by atoms with van der Waals surface area (Å²) in [6.07, 6.45) is 1.79. The minimum atomic E-state index is 0. The maximum Gasteiger partial charge on any atom is 0.0774 e. The summed E-state index contributed by atoms with van der Waals surface area (Å²) in [7, 11) is 0. The summed E-state index contributed by atoms with van der Waals surface area (Å²) in [6, 6.07) is 84.3. The normalized spacial score (nSPS) is 11.5. The van der Waals surface area contributed by atoms with E-state index in [4.69, 9.17) is 4.98 Å². The van der Waals surface area contributed by atoms with Gasteiger partial charge in [0.2, 0.25) is 0 Å². The zero-order chi connectivity index (χ0) is 48.0. The largest absolute Gasteiger partial charge is 0.351 e. The van der Waals surface area contributed by atoms with E-state index in [9.17, 15) is 0 Å². The summed E-state index contributed by atoms with van der Waals surface area (Å²) in [4.78, 5) is 9.82. The van der Waals surface area contributed by atoms with Crippen molar-refractivity contribution in [2.45, 2.75) is 39.5 Å². The van der Waals surface area contributed by atoms with Crippen LogP contribution in [0.5, 0.6) is 0 Å². The molecule has 0 fully saturated rings. The molecular formula is C66H51IrN5-2.